The number of halogens is 1. The molecule has 9 heteroatoms. The topological polar surface area (TPSA) is 102 Å². The summed E-state index contributed by atoms with van der Waals surface area (Å²) in [5.74, 6) is -0.891. The highest BCUT2D eigenvalue weighted by atomic mass is 32.2. The van der Waals surface area contributed by atoms with Crippen LogP contribution in [0.3, 0.4) is 0 Å². The van der Waals surface area contributed by atoms with Crippen LogP contribution in [-0.4, -0.2) is 28.1 Å². The van der Waals surface area contributed by atoms with Crippen molar-refractivity contribution in [2.24, 2.45) is 0 Å². The Bertz CT molecular complexity index is 1540. The maximum absolute atomic E-state index is 13.6. The SMILES string of the molecule is CCCCc1nc(=O)c(S(=O)(=O)c2ccc(-c3ccc(F)nc3)cc2)c(O)n1[C@@H](CC)c1ccccc1. The highest BCUT2D eigenvalue weighted by Crippen LogP contribution is 2.33. The first-order valence-electron chi connectivity index (χ1n) is 12.1. The molecule has 0 spiro atoms. The lowest BCUT2D eigenvalue weighted by Crippen LogP contribution is -2.27. The average molecular weight is 522 g/mol. The highest BCUT2D eigenvalue weighted by Gasteiger charge is 2.31. The van der Waals surface area contributed by atoms with Crippen LogP contribution in [-0.2, 0) is 16.3 Å². The number of aryl methyl sites for hydroxylation is 1. The molecule has 0 fully saturated rings. The van der Waals surface area contributed by atoms with Crippen LogP contribution in [0, 0.1) is 5.95 Å². The van der Waals surface area contributed by atoms with Crippen LogP contribution in [0.5, 0.6) is 5.88 Å². The fraction of sp³-hybridized carbons (Fsp3) is 0.250. The number of aromatic hydroxyl groups is 1. The normalized spacial score (nSPS) is 12.4. The molecular weight excluding hydrogens is 493 g/mol. The van der Waals surface area contributed by atoms with Gasteiger partial charge in [0, 0.05) is 18.2 Å². The first kappa shape index (κ1) is 26.2. The predicted molar refractivity (Wildman–Crippen MR) is 139 cm³/mol. The van der Waals surface area contributed by atoms with E-state index in [1.807, 2.05) is 44.2 Å². The Morgan fingerprint density at radius 2 is 1.65 bits per heavy atom. The number of benzene rings is 2. The van der Waals surface area contributed by atoms with Crippen molar-refractivity contribution in [1.29, 1.82) is 0 Å². The van der Waals surface area contributed by atoms with E-state index in [0.29, 0.717) is 29.8 Å². The summed E-state index contributed by atoms with van der Waals surface area (Å²) in [4.78, 5) is 19.9. The van der Waals surface area contributed by atoms with Crippen LogP contribution in [0.25, 0.3) is 11.1 Å². The zero-order valence-electron chi connectivity index (χ0n) is 20.6. The van der Waals surface area contributed by atoms with Gasteiger partial charge >= 0.3 is 0 Å². The number of sulfone groups is 1. The summed E-state index contributed by atoms with van der Waals surface area (Å²) in [5.41, 5.74) is 1.10. The smallest absolute Gasteiger partial charge is 0.296 e. The van der Waals surface area contributed by atoms with Crippen LogP contribution in [0.2, 0.25) is 0 Å². The van der Waals surface area contributed by atoms with Gasteiger partial charge < -0.3 is 5.11 Å². The lowest BCUT2D eigenvalue weighted by atomic mass is 10.0. The highest BCUT2D eigenvalue weighted by molar-refractivity contribution is 7.91. The molecule has 0 aliphatic rings. The molecule has 2 aromatic heterocycles. The van der Waals surface area contributed by atoms with Gasteiger partial charge in [-0.05, 0) is 48.2 Å². The third-order valence-electron chi connectivity index (χ3n) is 6.26. The maximum atomic E-state index is 13.6. The summed E-state index contributed by atoms with van der Waals surface area (Å²) in [6, 6.07) is 17.5. The molecule has 4 rings (SSSR count). The molecule has 0 saturated carbocycles. The molecular formula is C28H28FN3O4S. The van der Waals surface area contributed by atoms with E-state index in [-0.39, 0.29) is 4.90 Å². The van der Waals surface area contributed by atoms with Crippen molar-refractivity contribution >= 4 is 9.84 Å². The monoisotopic (exact) mass is 521 g/mol. The molecule has 192 valence electrons. The van der Waals surface area contributed by atoms with Crippen molar-refractivity contribution in [3.63, 3.8) is 0 Å². The Kier molecular flexibility index (Phi) is 7.83. The summed E-state index contributed by atoms with van der Waals surface area (Å²) in [6.45, 7) is 3.93. The minimum absolute atomic E-state index is 0.166. The van der Waals surface area contributed by atoms with E-state index in [1.54, 1.807) is 12.1 Å². The van der Waals surface area contributed by atoms with Crippen LogP contribution in [0.4, 0.5) is 4.39 Å². The average Bonchev–Trinajstić information content (AvgIpc) is 2.90. The molecule has 37 heavy (non-hydrogen) atoms. The minimum Gasteiger partial charge on any atom is -0.493 e. The number of hydrogen-bond donors (Lipinski definition) is 1. The molecule has 0 amide bonds. The van der Waals surface area contributed by atoms with E-state index in [4.69, 9.17) is 0 Å². The Balaban J connectivity index is 1.84. The predicted octanol–water partition coefficient (Wildman–Crippen LogP) is 5.32. The van der Waals surface area contributed by atoms with Crippen LogP contribution >= 0.6 is 0 Å². The summed E-state index contributed by atoms with van der Waals surface area (Å²) in [5, 5.41) is 11.4. The lowest BCUT2D eigenvalue weighted by molar-refractivity contribution is 0.358. The molecule has 2 aromatic carbocycles. The Labute approximate surface area is 215 Å². The lowest BCUT2D eigenvalue weighted by Gasteiger charge is -2.25. The van der Waals surface area contributed by atoms with Gasteiger partial charge in [0.2, 0.25) is 21.7 Å². The largest absolute Gasteiger partial charge is 0.493 e. The standard InChI is InChI=1S/C28H28FN3O4S/c1-3-5-11-25-31-27(33)26(28(34)32(25)23(4-2)20-9-7-6-8-10-20)37(35,36)22-15-12-19(13-16-22)21-14-17-24(29)30-18-21/h6-10,12-18,23,34H,3-5,11H2,1-2H3/t23-/m0/s1. The van der Waals surface area contributed by atoms with Crippen molar-refractivity contribution in [2.45, 2.75) is 55.4 Å². The summed E-state index contributed by atoms with van der Waals surface area (Å²) in [6.07, 6.45) is 3.87. The van der Waals surface area contributed by atoms with Gasteiger partial charge in [-0.1, -0.05) is 62.7 Å². The quantitative estimate of drug-likeness (QED) is 0.299. The zero-order valence-corrected chi connectivity index (χ0v) is 21.5. The molecule has 7 nitrogen and oxygen atoms in total. The summed E-state index contributed by atoms with van der Waals surface area (Å²) < 4.78 is 41.9. The van der Waals surface area contributed by atoms with Gasteiger partial charge in [-0.3, -0.25) is 9.36 Å². The van der Waals surface area contributed by atoms with Crippen molar-refractivity contribution < 1.29 is 17.9 Å². The van der Waals surface area contributed by atoms with Crippen molar-refractivity contribution in [3.05, 3.63) is 101 Å². The number of pyridine rings is 1. The van der Waals surface area contributed by atoms with E-state index in [1.165, 1.54) is 35.0 Å². The maximum Gasteiger partial charge on any atom is 0.296 e. The molecule has 4 aromatic rings. The Morgan fingerprint density at radius 1 is 0.973 bits per heavy atom. The van der Waals surface area contributed by atoms with Crippen molar-refractivity contribution in [3.8, 4) is 17.0 Å². The molecule has 0 unspecified atom stereocenters. The van der Waals surface area contributed by atoms with Crippen LogP contribution < -0.4 is 5.56 Å². The Morgan fingerprint density at radius 3 is 2.24 bits per heavy atom. The molecule has 0 bridgehead atoms. The third-order valence-corrected chi connectivity index (χ3v) is 8.05. The van der Waals surface area contributed by atoms with Gasteiger partial charge in [-0.15, -0.1) is 0 Å². The fourth-order valence-electron chi connectivity index (χ4n) is 4.36. The molecule has 2 heterocycles. The number of rotatable bonds is 9. The fourth-order valence-corrected chi connectivity index (χ4v) is 5.70. The van der Waals surface area contributed by atoms with E-state index in [9.17, 15) is 22.7 Å². The molecule has 0 aliphatic heterocycles. The van der Waals surface area contributed by atoms with Crippen molar-refractivity contribution in [1.82, 2.24) is 14.5 Å². The molecule has 1 N–H and O–H groups in total. The van der Waals surface area contributed by atoms with Gasteiger partial charge in [-0.25, -0.2) is 13.4 Å². The summed E-state index contributed by atoms with van der Waals surface area (Å²) >= 11 is 0. The number of aromatic nitrogens is 3. The van der Waals surface area contributed by atoms with Gasteiger partial charge in [0.1, 0.15) is 5.82 Å². The van der Waals surface area contributed by atoms with Crippen LogP contribution in [0.1, 0.15) is 50.5 Å². The second kappa shape index (κ2) is 11.0. The van der Waals surface area contributed by atoms with E-state index in [0.717, 1.165) is 18.4 Å². The number of unbranched alkanes of at least 4 members (excludes halogenated alkanes) is 1. The summed E-state index contributed by atoms with van der Waals surface area (Å²) in [7, 11) is -4.41. The molecule has 0 aliphatic carbocycles. The first-order valence-corrected chi connectivity index (χ1v) is 13.6. The second-order valence-electron chi connectivity index (χ2n) is 8.69. The van der Waals surface area contributed by atoms with Crippen LogP contribution in [0.15, 0.2) is 87.5 Å². The van der Waals surface area contributed by atoms with Gasteiger partial charge in [0.25, 0.3) is 5.56 Å². The van der Waals surface area contributed by atoms with Crippen molar-refractivity contribution in [2.75, 3.05) is 0 Å². The zero-order chi connectivity index (χ0) is 26.6. The van der Waals surface area contributed by atoms with E-state index >= 15 is 0 Å². The van der Waals surface area contributed by atoms with E-state index < -0.39 is 38.2 Å². The number of nitrogens with zero attached hydrogens (tertiary/aromatic N) is 3. The van der Waals surface area contributed by atoms with Gasteiger partial charge in [-0.2, -0.15) is 9.37 Å². The molecule has 1 atom stereocenters. The second-order valence-corrected chi connectivity index (χ2v) is 10.6. The number of hydrogen-bond acceptors (Lipinski definition) is 6. The first-order chi connectivity index (χ1) is 17.8. The Hall–Kier alpha value is -3.85. The van der Waals surface area contributed by atoms with E-state index in [2.05, 4.69) is 9.97 Å². The van der Waals surface area contributed by atoms with Gasteiger partial charge in [0.05, 0.1) is 10.9 Å². The minimum atomic E-state index is -4.41. The molecule has 0 radical (unpaired) electrons. The molecule has 0 saturated heterocycles. The third kappa shape index (κ3) is 5.32. The van der Waals surface area contributed by atoms with Gasteiger partial charge in [0.15, 0.2) is 4.90 Å².